The molecule has 1 aliphatic carbocycles. The van der Waals surface area contributed by atoms with Gasteiger partial charge in [0.15, 0.2) is 0 Å². The van der Waals surface area contributed by atoms with Crippen LogP contribution in [0.4, 0.5) is 0 Å². The summed E-state index contributed by atoms with van der Waals surface area (Å²) in [5.41, 5.74) is 4.21. The average Bonchev–Trinajstić information content (AvgIpc) is 2.54. The first kappa shape index (κ1) is 18.8. The van der Waals surface area contributed by atoms with Crippen molar-refractivity contribution >= 4 is 0 Å². The topological polar surface area (TPSA) is 43.7 Å². The van der Waals surface area contributed by atoms with Gasteiger partial charge in [-0.1, -0.05) is 35.4 Å². The highest BCUT2D eigenvalue weighted by Gasteiger charge is 2.29. The maximum Gasteiger partial charge on any atom is 0.115 e. The molecule has 0 radical (unpaired) electrons. The summed E-state index contributed by atoms with van der Waals surface area (Å²) in [5.74, 6) is 1.43. The first-order chi connectivity index (χ1) is 11.5. The van der Waals surface area contributed by atoms with Crippen molar-refractivity contribution in [3.05, 3.63) is 53.1 Å². The Morgan fingerprint density at radius 1 is 1.29 bits per heavy atom. The summed E-state index contributed by atoms with van der Waals surface area (Å²) in [7, 11) is 4.27. The fraction of sp³-hybridized carbons (Fsp3) is 0.524. The van der Waals surface area contributed by atoms with Gasteiger partial charge in [-0.05, 0) is 76.2 Å². The molecule has 3 heteroatoms. The smallest absolute Gasteiger partial charge is 0.115 e. The van der Waals surface area contributed by atoms with Crippen molar-refractivity contribution in [1.82, 2.24) is 4.90 Å². The number of hydrogen-bond donors (Lipinski definition) is 2. The van der Waals surface area contributed by atoms with E-state index in [0.717, 1.165) is 25.8 Å². The zero-order valence-corrected chi connectivity index (χ0v) is 15.2. The summed E-state index contributed by atoms with van der Waals surface area (Å²) in [4.78, 5) is 2.27. The molecule has 2 N–H and O–H groups in total. The Labute approximate surface area is 146 Å². The van der Waals surface area contributed by atoms with E-state index in [4.69, 9.17) is 5.11 Å². The number of phenolic OH excluding ortho intramolecular Hbond substituents is 1. The molecule has 1 aromatic rings. The van der Waals surface area contributed by atoms with Gasteiger partial charge in [-0.15, -0.1) is 0 Å². The molecule has 2 rings (SSSR count). The van der Waals surface area contributed by atoms with Crippen LogP contribution >= 0.6 is 0 Å². The van der Waals surface area contributed by atoms with E-state index in [-0.39, 0.29) is 6.61 Å². The number of aliphatic hydroxyl groups excluding tert-OH is 1. The predicted molar refractivity (Wildman–Crippen MR) is 100 cm³/mol. The van der Waals surface area contributed by atoms with Gasteiger partial charge in [0.2, 0.25) is 0 Å². The third kappa shape index (κ3) is 5.22. The van der Waals surface area contributed by atoms with Crippen LogP contribution in [0.5, 0.6) is 5.75 Å². The van der Waals surface area contributed by atoms with E-state index in [1.165, 1.54) is 17.6 Å². The average molecular weight is 329 g/mol. The van der Waals surface area contributed by atoms with Crippen molar-refractivity contribution in [2.45, 2.75) is 38.5 Å². The molecule has 2 atom stereocenters. The monoisotopic (exact) mass is 329 g/mol. The maximum atomic E-state index is 9.87. The lowest BCUT2D eigenvalue weighted by Gasteiger charge is -2.36. The van der Waals surface area contributed by atoms with Crippen LogP contribution in [0, 0.1) is 5.92 Å². The van der Waals surface area contributed by atoms with Crippen molar-refractivity contribution in [3.8, 4) is 5.75 Å². The van der Waals surface area contributed by atoms with Crippen molar-refractivity contribution in [2.24, 2.45) is 5.92 Å². The SMILES string of the molecule is C/C(C/C=C/CO)=C1/CCC(CN(C)C)C(c2cccc(O)c2)C1. The van der Waals surface area contributed by atoms with Gasteiger partial charge < -0.3 is 15.1 Å². The van der Waals surface area contributed by atoms with Crippen LogP contribution in [-0.4, -0.2) is 42.4 Å². The number of aliphatic hydroxyl groups is 1. The molecule has 0 saturated heterocycles. The van der Waals surface area contributed by atoms with E-state index in [2.05, 4.69) is 38.1 Å². The normalized spacial score (nSPS) is 23.9. The van der Waals surface area contributed by atoms with Crippen LogP contribution in [0.15, 0.2) is 47.6 Å². The number of benzene rings is 1. The van der Waals surface area contributed by atoms with Crippen molar-refractivity contribution in [2.75, 3.05) is 27.2 Å². The van der Waals surface area contributed by atoms with Crippen LogP contribution in [0.25, 0.3) is 0 Å². The number of aromatic hydroxyl groups is 1. The van der Waals surface area contributed by atoms with E-state index in [9.17, 15) is 5.11 Å². The Kier molecular flexibility index (Phi) is 7.07. The minimum absolute atomic E-state index is 0.111. The van der Waals surface area contributed by atoms with E-state index in [1.807, 2.05) is 18.2 Å². The van der Waals surface area contributed by atoms with Gasteiger partial charge in [-0.3, -0.25) is 0 Å². The summed E-state index contributed by atoms with van der Waals surface area (Å²) in [6, 6.07) is 7.77. The lowest BCUT2D eigenvalue weighted by molar-refractivity contribution is 0.255. The van der Waals surface area contributed by atoms with Crippen molar-refractivity contribution in [1.29, 1.82) is 0 Å². The lowest BCUT2D eigenvalue weighted by atomic mass is 9.72. The molecular weight excluding hydrogens is 298 g/mol. The predicted octanol–water partition coefficient (Wildman–Crippen LogP) is 4.09. The Hall–Kier alpha value is -1.58. The maximum absolute atomic E-state index is 9.87. The quantitative estimate of drug-likeness (QED) is 0.773. The second-order valence-electron chi connectivity index (χ2n) is 7.21. The minimum atomic E-state index is 0.111. The molecule has 1 saturated carbocycles. The van der Waals surface area contributed by atoms with E-state index < -0.39 is 0 Å². The summed E-state index contributed by atoms with van der Waals surface area (Å²) in [5, 5.41) is 18.8. The molecule has 0 amide bonds. The molecule has 0 spiro atoms. The third-order valence-electron chi connectivity index (χ3n) is 5.05. The van der Waals surface area contributed by atoms with Crippen LogP contribution in [0.3, 0.4) is 0 Å². The number of allylic oxidation sites excluding steroid dienone is 3. The Balaban J connectivity index is 2.22. The Morgan fingerprint density at radius 2 is 2.08 bits per heavy atom. The van der Waals surface area contributed by atoms with E-state index >= 15 is 0 Å². The number of rotatable bonds is 6. The highest BCUT2D eigenvalue weighted by molar-refractivity contribution is 5.33. The molecular formula is C21H31NO2. The van der Waals surface area contributed by atoms with Crippen LogP contribution in [-0.2, 0) is 0 Å². The van der Waals surface area contributed by atoms with Gasteiger partial charge in [0.1, 0.15) is 5.75 Å². The van der Waals surface area contributed by atoms with Gasteiger partial charge in [0, 0.05) is 6.54 Å². The van der Waals surface area contributed by atoms with Crippen molar-refractivity contribution < 1.29 is 10.2 Å². The van der Waals surface area contributed by atoms with Crippen LogP contribution in [0.1, 0.15) is 44.1 Å². The molecule has 1 fully saturated rings. The third-order valence-corrected chi connectivity index (χ3v) is 5.05. The molecule has 0 bridgehead atoms. The van der Waals surface area contributed by atoms with Gasteiger partial charge >= 0.3 is 0 Å². The van der Waals surface area contributed by atoms with Crippen molar-refractivity contribution in [3.63, 3.8) is 0 Å². The molecule has 0 aliphatic heterocycles. The summed E-state index contributed by atoms with van der Waals surface area (Å²) >= 11 is 0. The standard InChI is InChI=1S/C21H31NO2/c1-16(7-4-5-12-23)17-10-11-19(15-22(2)3)21(14-17)18-8-6-9-20(24)13-18/h4-6,8-9,13,19,21,23-24H,7,10-12,14-15H2,1-3H3/b5-4+,17-16+. The molecule has 24 heavy (non-hydrogen) atoms. The van der Waals surface area contributed by atoms with Gasteiger partial charge in [0.05, 0.1) is 6.61 Å². The highest BCUT2D eigenvalue weighted by Crippen LogP contribution is 2.42. The van der Waals surface area contributed by atoms with Crippen LogP contribution in [0.2, 0.25) is 0 Å². The highest BCUT2D eigenvalue weighted by atomic mass is 16.3. The number of nitrogens with zero attached hydrogens (tertiary/aromatic N) is 1. The zero-order chi connectivity index (χ0) is 17.5. The largest absolute Gasteiger partial charge is 0.508 e. The zero-order valence-electron chi connectivity index (χ0n) is 15.2. The van der Waals surface area contributed by atoms with E-state index in [1.54, 1.807) is 11.6 Å². The van der Waals surface area contributed by atoms with Gasteiger partial charge in [-0.2, -0.15) is 0 Å². The summed E-state index contributed by atoms with van der Waals surface area (Å²) in [6.45, 7) is 3.40. The number of phenols is 1. The molecule has 1 aliphatic rings. The molecule has 2 unspecified atom stereocenters. The molecule has 3 nitrogen and oxygen atoms in total. The first-order valence-electron chi connectivity index (χ1n) is 8.88. The second-order valence-corrected chi connectivity index (χ2v) is 7.21. The van der Waals surface area contributed by atoms with Gasteiger partial charge in [-0.25, -0.2) is 0 Å². The van der Waals surface area contributed by atoms with E-state index in [0.29, 0.717) is 17.6 Å². The Bertz CT molecular complexity index is 589. The molecule has 1 aromatic carbocycles. The summed E-state index contributed by atoms with van der Waals surface area (Å²) in [6.07, 6.45) is 8.20. The Morgan fingerprint density at radius 3 is 2.75 bits per heavy atom. The first-order valence-corrected chi connectivity index (χ1v) is 8.88. The van der Waals surface area contributed by atoms with Crippen LogP contribution < -0.4 is 0 Å². The minimum Gasteiger partial charge on any atom is -0.508 e. The molecule has 132 valence electrons. The number of hydrogen-bond acceptors (Lipinski definition) is 3. The molecule has 0 aromatic heterocycles. The van der Waals surface area contributed by atoms with Gasteiger partial charge in [0.25, 0.3) is 0 Å². The fourth-order valence-corrected chi connectivity index (χ4v) is 3.79. The lowest BCUT2D eigenvalue weighted by Crippen LogP contribution is -2.29. The summed E-state index contributed by atoms with van der Waals surface area (Å²) < 4.78 is 0. The molecule has 0 heterocycles. The fourth-order valence-electron chi connectivity index (χ4n) is 3.79. The second kappa shape index (κ2) is 9.05.